The zero-order valence-electron chi connectivity index (χ0n) is 79.1. The van der Waals surface area contributed by atoms with Gasteiger partial charge in [0.2, 0.25) is 50.1 Å². The fourth-order valence-corrected chi connectivity index (χ4v) is 28.9. The standard InChI is InChI=1S/C21H23ClN2O4S.2C20H19BrF2N2O4S.C19H16BrClF2N2O4S.C19H17BrF2N2O4S/c1-14-12-20(15(2)11-18(14)22)29(26,27)23-9-7-17(8-10-23)24-19-6-4-3-5-16(19)13-28-21(24)25;1-12-2-3-18-13(8-12)11-29-20(26)25(18)14-4-6-24(7-5-14)30(27,28)19-10-16(22)15(21)9-17(19)23;1-12-3-2-4-13-11-29-20(26)25(19(12)13)14-5-7-24(8-6-14)30(27,28)18-10-16(22)15(21)9-17(18)23;20-14-8-16(23)18(9-15(14)22)30(27,28)24-5-3-13(4-6-24)25-17-2-1-12(21)7-11(17)10-29-19(25)26;20-14-9-16(22)18(10-15(14)21)29(26,27)23-7-5-13(6-8-23)24-17-4-2-1-3-12(17)11-28-19(24)25/h3-6,11-12,17H,7-10,13H2,1-2H3;2-3,8-10,14H,4-7,11H2,1H3;2-4,9-10,14H,5-8,11H2,1H3;1-2,7-9,13H,3-6,10H2;1-4,9-10,13H,5-8,11H2. The molecule has 30 nitrogen and oxygen atoms in total. The summed E-state index contributed by atoms with van der Waals surface area (Å²) >= 11 is 23.5. The second-order valence-electron chi connectivity index (χ2n) is 36.2. The van der Waals surface area contributed by atoms with E-state index in [0.29, 0.717) is 128 Å². The molecule has 148 heavy (non-hydrogen) atoms. The van der Waals surface area contributed by atoms with Gasteiger partial charge >= 0.3 is 30.5 Å². The maximum atomic E-state index is 14.2. The number of hydrogen-bond donors (Lipinski definition) is 0. The summed E-state index contributed by atoms with van der Waals surface area (Å²) in [6.07, 6.45) is 1.57. The molecule has 0 aliphatic carbocycles. The number of hydrogen-bond acceptors (Lipinski definition) is 20. The van der Waals surface area contributed by atoms with Crippen molar-refractivity contribution in [2.24, 2.45) is 0 Å². The molecule has 5 fully saturated rings. The third kappa shape index (κ3) is 23.2. The van der Waals surface area contributed by atoms with E-state index in [4.69, 9.17) is 46.9 Å². The van der Waals surface area contributed by atoms with Gasteiger partial charge in [-0.15, -0.1) is 0 Å². The number of piperidine rings is 5. The average Bonchev–Trinajstić information content (AvgIpc) is 0.769. The van der Waals surface area contributed by atoms with Gasteiger partial charge in [-0.2, -0.15) is 21.5 Å². The van der Waals surface area contributed by atoms with E-state index in [1.165, 1.54) is 9.21 Å². The number of benzene rings is 10. The molecule has 0 saturated carbocycles. The molecule has 49 heteroatoms. The number of ether oxygens (including phenoxy) is 5. The van der Waals surface area contributed by atoms with E-state index in [1.54, 1.807) is 63.8 Å². The minimum atomic E-state index is -4.22. The van der Waals surface area contributed by atoms with Gasteiger partial charge in [0.05, 0.1) is 51.2 Å². The molecule has 0 radical (unpaired) electrons. The van der Waals surface area contributed by atoms with Crippen molar-refractivity contribution in [3.05, 3.63) is 288 Å². The van der Waals surface area contributed by atoms with Gasteiger partial charge in [-0.05, 0) is 269 Å². The van der Waals surface area contributed by atoms with Crippen LogP contribution < -0.4 is 24.5 Å². The summed E-state index contributed by atoms with van der Waals surface area (Å²) in [5.41, 5.74) is 11.6. The van der Waals surface area contributed by atoms with Gasteiger partial charge in [0.15, 0.2) is 0 Å². The Hall–Kier alpha value is -9.96. The van der Waals surface area contributed by atoms with Crippen molar-refractivity contribution in [3.63, 3.8) is 0 Å². The maximum absolute atomic E-state index is 14.2. The predicted octanol–water partition coefficient (Wildman–Crippen LogP) is 21.7. The van der Waals surface area contributed by atoms with Crippen molar-refractivity contribution in [1.82, 2.24) is 21.5 Å². The van der Waals surface area contributed by atoms with Gasteiger partial charge in [0, 0.05) is 134 Å². The maximum Gasteiger partial charge on any atom is 0.414 e. The molecule has 10 aliphatic rings. The lowest BCUT2D eigenvalue weighted by molar-refractivity contribution is 0.135. The van der Waals surface area contributed by atoms with E-state index in [9.17, 15) is 101 Å². The summed E-state index contributed by atoms with van der Waals surface area (Å²) in [7, 11) is -20.4. The normalized spacial score (nSPS) is 18.3. The third-order valence-electron chi connectivity index (χ3n) is 27.0. The van der Waals surface area contributed by atoms with E-state index >= 15 is 0 Å². The topological polar surface area (TPSA) is 335 Å². The molecule has 5 saturated heterocycles. The Morgan fingerprint density at radius 3 is 0.878 bits per heavy atom. The third-order valence-corrected chi connectivity index (χ3v) is 39.8. The molecule has 20 rings (SSSR count). The van der Waals surface area contributed by atoms with Crippen molar-refractivity contribution < 1.29 is 125 Å². The predicted molar refractivity (Wildman–Crippen MR) is 546 cm³/mol. The first-order valence-corrected chi connectivity index (χ1v) is 57.5. The van der Waals surface area contributed by atoms with Gasteiger partial charge in [-0.1, -0.05) is 95.5 Å². The van der Waals surface area contributed by atoms with E-state index in [0.717, 1.165) is 109 Å². The number of para-hydroxylation sites is 3. The molecule has 0 spiro atoms. The molecule has 5 amide bonds. The van der Waals surface area contributed by atoms with Crippen molar-refractivity contribution in [2.45, 2.75) is 180 Å². The zero-order chi connectivity index (χ0) is 106. The molecule has 10 aliphatic heterocycles. The Labute approximate surface area is 892 Å². The molecular formula is C99H94Br4Cl2F8N10O20S5. The molecule has 0 bridgehead atoms. The molecule has 10 heterocycles. The number of fused-ring (bicyclic) bond motifs is 5. The molecule has 10 aromatic carbocycles. The van der Waals surface area contributed by atoms with Crippen molar-refractivity contribution in [3.8, 4) is 0 Å². The fourth-order valence-electron chi connectivity index (χ4n) is 19.4. The number of carbonyl (C=O) groups is 5. The molecule has 10 aromatic rings. The van der Waals surface area contributed by atoms with Crippen LogP contribution in [-0.4, -0.2) is 190 Å². The summed E-state index contributed by atoms with van der Waals surface area (Å²) in [5.74, 6) is -7.52. The van der Waals surface area contributed by atoms with Crippen LogP contribution in [0.2, 0.25) is 10.0 Å². The average molecular weight is 2450 g/mol. The van der Waals surface area contributed by atoms with E-state index in [2.05, 4.69) is 63.7 Å². The summed E-state index contributed by atoms with van der Waals surface area (Å²) in [6.45, 7) is 9.69. The summed E-state index contributed by atoms with van der Waals surface area (Å²) in [4.78, 5) is 67.5. The highest BCUT2D eigenvalue weighted by atomic mass is 79.9. The van der Waals surface area contributed by atoms with Gasteiger partial charge < -0.3 is 23.7 Å². The number of cyclic esters (lactones) is 5. The zero-order valence-corrected chi connectivity index (χ0v) is 91.1. The van der Waals surface area contributed by atoms with Crippen LogP contribution in [0.5, 0.6) is 0 Å². The molecule has 0 unspecified atom stereocenters. The lowest BCUT2D eigenvalue weighted by Gasteiger charge is -2.40. The van der Waals surface area contributed by atoms with Crippen molar-refractivity contribution >= 4 is 196 Å². The van der Waals surface area contributed by atoms with Crippen LogP contribution in [0.15, 0.2) is 206 Å². The van der Waals surface area contributed by atoms with Crippen LogP contribution in [0.3, 0.4) is 0 Å². The highest BCUT2D eigenvalue weighted by Gasteiger charge is 2.46. The first kappa shape index (κ1) is 111. The monoisotopic (exact) mass is 2440 g/mol. The Bertz CT molecular complexity index is 7180. The molecule has 788 valence electrons. The fraction of sp³-hybridized carbons (Fsp3) is 0.343. The second-order valence-corrected chi connectivity index (χ2v) is 50.0. The number of rotatable bonds is 15. The first-order valence-electron chi connectivity index (χ1n) is 46.4. The minimum absolute atomic E-state index is 0.0524. The van der Waals surface area contributed by atoms with E-state index < -0.39 is 141 Å². The van der Waals surface area contributed by atoms with Gasteiger partial charge in [-0.3, -0.25) is 24.5 Å². The largest absolute Gasteiger partial charge is 0.444 e. The van der Waals surface area contributed by atoms with Crippen LogP contribution in [0.25, 0.3) is 0 Å². The number of amides is 5. The number of carbonyl (C=O) groups excluding carboxylic acids is 5. The molecule has 0 N–H and O–H groups in total. The minimum Gasteiger partial charge on any atom is -0.444 e. The van der Waals surface area contributed by atoms with Crippen LogP contribution in [-0.2, 0) is 107 Å². The number of sulfonamides is 5. The quantitative estimate of drug-likeness (QED) is 0.0523. The number of anilines is 5. The van der Waals surface area contributed by atoms with Gasteiger partial charge in [-0.25, -0.2) is 101 Å². The van der Waals surface area contributed by atoms with Crippen LogP contribution in [0, 0.1) is 74.2 Å². The number of aryl methyl sites for hydroxylation is 4. The summed E-state index contributed by atoms with van der Waals surface area (Å²) < 4.78 is 273. The first-order chi connectivity index (χ1) is 70.1. The number of halogens is 14. The molecule has 0 atom stereocenters. The van der Waals surface area contributed by atoms with Crippen LogP contribution in [0.1, 0.15) is 114 Å². The Balaban J connectivity index is 0.000000132. The van der Waals surface area contributed by atoms with Crippen LogP contribution >= 0.6 is 86.9 Å². The van der Waals surface area contributed by atoms with E-state index in [1.807, 2.05) is 98.8 Å². The Kier molecular flexibility index (Phi) is 34.0. The molecule has 0 aromatic heterocycles. The van der Waals surface area contributed by atoms with Crippen LogP contribution in [0.4, 0.5) is 87.5 Å². The van der Waals surface area contributed by atoms with Gasteiger partial charge in [0.25, 0.3) is 0 Å². The van der Waals surface area contributed by atoms with Crippen molar-refractivity contribution in [2.75, 3.05) is 89.9 Å². The highest BCUT2D eigenvalue weighted by molar-refractivity contribution is 9.11. The smallest absolute Gasteiger partial charge is 0.414 e. The summed E-state index contributed by atoms with van der Waals surface area (Å²) in [6, 6.07) is 39.7. The second kappa shape index (κ2) is 45.5. The Morgan fingerprint density at radius 1 is 0.270 bits per heavy atom. The highest BCUT2D eigenvalue weighted by Crippen LogP contribution is 2.44. The van der Waals surface area contributed by atoms with E-state index in [-0.39, 0.29) is 140 Å². The van der Waals surface area contributed by atoms with Crippen molar-refractivity contribution in [1.29, 1.82) is 0 Å². The van der Waals surface area contributed by atoms with Gasteiger partial charge in [0.1, 0.15) is 99.2 Å². The SMILES string of the molecule is Cc1cc(S(=O)(=O)N2CCC(N3C(=O)OCc4ccccc43)CC2)c(C)cc1Cl.Cc1ccc2c(c1)COC(=O)N2C1CCN(S(=O)(=O)c2cc(F)c(Br)cc2F)CC1.Cc1cccc2c1N(C1CCN(S(=O)(=O)c3cc(F)c(Br)cc3F)CC1)C(=O)OC2.O=C1OCc2cc(Cl)ccc2N1C1CCN(S(=O)(=O)c2cc(F)c(Br)cc2F)CC1.O=C1OCc2ccccc2N1C1CCN(S(=O)(=O)c2cc(F)c(Br)cc2F)CC1. The lowest BCUT2D eigenvalue weighted by Crippen LogP contribution is -2.50. The Morgan fingerprint density at radius 2 is 0.541 bits per heavy atom. The molecular weight excluding hydrogens is 2350 g/mol. The number of nitrogens with zero attached hydrogens (tertiary/aromatic N) is 10. The lowest BCUT2D eigenvalue weighted by atomic mass is 10.00. The summed E-state index contributed by atoms with van der Waals surface area (Å²) in [5, 5.41) is 1.08.